The monoisotopic (exact) mass is 438 g/mol. The van der Waals surface area contributed by atoms with Gasteiger partial charge in [-0.3, -0.25) is 24.5 Å². The second kappa shape index (κ2) is 10.5. The minimum Gasteiger partial charge on any atom is -0.351 e. The molecule has 32 heavy (non-hydrogen) atoms. The number of nitro groups is 1. The third-order valence-electron chi connectivity index (χ3n) is 5.43. The summed E-state index contributed by atoms with van der Waals surface area (Å²) in [5, 5.41) is 16.5. The van der Waals surface area contributed by atoms with Gasteiger partial charge in [-0.15, -0.1) is 0 Å². The van der Waals surface area contributed by atoms with Gasteiger partial charge in [0.25, 0.3) is 11.6 Å². The normalized spacial score (nSPS) is 15.0. The number of nitrogens with one attached hydrogen (secondary N) is 2. The molecule has 0 radical (unpaired) electrons. The van der Waals surface area contributed by atoms with Crippen LogP contribution in [0.25, 0.3) is 0 Å². The van der Waals surface area contributed by atoms with Crippen LogP contribution in [-0.2, 0) is 16.0 Å². The molecule has 1 fully saturated rings. The molecule has 2 aromatic carbocycles. The van der Waals surface area contributed by atoms with Gasteiger partial charge >= 0.3 is 0 Å². The molecule has 3 amide bonds. The fourth-order valence-electron chi connectivity index (χ4n) is 3.74. The van der Waals surface area contributed by atoms with Crippen LogP contribution in [0.15, 0.2) is 54.6 Å². The summed E-state index contributed by atoms with van der Waals surface area (Å²) in [6.07, 6.45) is 1.56. The van der Waals surface area contributed by atoms with E-state index in [0.717, 1.165) is 5.56 Å². The van der Waals surface area contributed by atoms with Gasteiger partial charge in [-0.1, -0.05) is 30.3 Å². The summed E-state index contributed by atoms with van der Waals surface area (Å²) in [4.78, 5) is 49.0. The predicted octanol–water partition coefficient (Wildman–Crippen LogP) is 2.06. The Morgan fingerprint density at radius 2 is 1.69 bits per heavy atom. The van der Waals surface area contributed by atoms with Crippen molar-refractivity contribution in [3.63, 3.8) is 0 Å². The number of non-ortho nitro benzene ring substituents is 1. The van der Waals surface area contributed by atoms with Crippen molar-refractivity contribution in [2.24, 2.45) is 0 Å². The number of amides is 3. The van der Waals surface area contributed by atoms with Gasteiger partial charge in [0.15, 0.2) is 0 Å². The highest BCUT2D eigenvalue weighted by molar-refractivity contribution is 5.94. The Morgan fingerprint density at radius 1 is 1.06 bits per heavy atom. The number of nitro benzene ring substituents is 1. The summed E-state index contributed by atoms with van der Waals surface area (Å²) in [6.45, 7) is 2.31. The van der Waals surface area contributed by atoms with E-state index in [4.69, 9.17) is 0 Å². The minimum atomic E-state index is -0.672. The lowest BCUT2D eigenvalue weighted by molar-refractivity contribution is -0.384. The first-order valence-electron chi connectivity index (χ1n) is 10.5. The smallest absolute Gasteiger partial charge is 0.269 e. The zero-order valence-electron chi connectivity index (χ0n) is 17.8. The third kappa shape index (κ3) is 6.13. The molecule has 0 spiro atoms. The molecule has 9 heteroatoms. The van der Waals surface area contributed by atoms with E-state index < -0.39 is 11.0 Å². The average Bonchev–Trinajstić information content (AvgIpc) is 2.79. The van der Waals surface area contributed by atoms with Crippen LogP contribution in [0.5, 0.6) is 0 Å². The molecular weight excluding hydrogens is 412 g/mol. The summed E-state index contributed by atoms with van der Waals surface area (Å²) < 4.78 is 0. The first-order chi connectivity index (χ1) is 15.3. The van der Waals surface area contributed by atoms with Crippen LogP contribution in [0.2, 0.25) is 0 Å². The van der Waals surface area contributed by atoms with Gasteiger partial charge in [-0.25, -0.2) is 0 Å². The van der Waals surface area contributed by atoms with E-state index in [0.29, 0.717) is 37.9 Å². The fraction of sp³-hybridized carbons (Fsp3) is 0.348. The Morgan fingerprint density at radius 3 is 2.25 bits per heavy atom. The van der Waals surface area contributed by atoms with Crippen molar-refractivity contribution >= 4 is 23.4 Å². The quantitative estimate of drug-likeness (QED) is 0.506. The van der Waals surface area contributed by atoms with Crippen LogP contribution < -0.4 is 10.6 Å². The second-order valence-electron chi connectivity index (χ2n) is 7.82. The summed E-state index contributed by atoms with van der Waals surface area (Å²) >= 11 is 0. The Kier molecular flexibility index (Phi) is 7.54. The van der Waals surface area contributed by atoms with Crippen LogP contribution in [0.3, 0.4) is 0 Å². The molecule has 3 rings (SSSR count). The lowest BCUT2D eigenvalue weighted by Gasteiger charge is -2.33. The Hall–Kier alpha value is -3.75. The van der Waals surface area contributed by atoms with Crippen LogP contribution >= 0.6 is 0 Å². The van der Waals surface area contributed by atoms with E-state index in [9.17, 15) is 24.5 Å². The number of hydrogen-bond acceptors (Lipinski definition) is 5. The molecule has 1 heterocycles. The number of carbonyl (C=O) groups is 3. The predicted molar refractivity (Wildman–Crippen MR) is 118 cm³/mol. The van der Waals surface area contributed by atoms with Crippen LogP contribution in [0.1, 0.15) is 35.7 Å². The maximum atomic E-state index is 12.8. The van der Waals surface area contributed by atoms with Gasteiger partial charge in [-0.05, 0) is 30.5 Å². The van der Waals surface area contributed by atoms with E-state index >= 15 is 0 Å². The maximum Gasteiger partial charge on any atom is 0.269 e. The number of likely N-dealkylation sites (tertiary alicyclic amines) is 1. The lowest BCUT2D eigenvalue weighted by atomic mass is 10.0. The topological polar surface area (TPSA) is 122 Å². The van der Waals surface area contributed by atoms with E-state index in [2.05, 4.69) is 10.6 Å². The standard InChI is InChI=1S/C23H26N4O5/c1-16(28)24-21(15-17-5-3-2-4-6-17)22(29)25-19-11-13-26(14-12-19)23(30)18-7-9-20(10-8-18)27(31)32/h2-10,19,21H,11-15H2,1H3,(H,24,28)(H,25,29)/t21-/m1/s1. The van der Waals surface area contributed by atoms with E-state index in [-0.39, 0.29) is 29.5 Å². The molecule has 0 aliphatic carbocycles. The van der Waals surface area contributed by atoms with Crippen molar-refractivity contribution in [3.05, 3.63) is 75.8 Å². The second-order valence-corrected chi connectivity index (χ2v) is 7.82. The van der Waals surface area contributed by atoms with Gasteiger partial charge in [0.2, 0.25) is 11.8 Å². The number of rotatable bonds is 7. The van der Waals surface area contributed by atoms with Crippen LogP contribution in [0, 0.1) is 10.1 Å². The molecule has 2 aromatic rings. The third-order valence-corrected chi connectivity index (χ3v) is 5.43. The van der Waals surface area contributed by atoms with Crippen molar-refractivity contribution < 1.29 is 19.3 Å². The molecule has 0 bridgehead atoms. The van der Waals surface area contributed by atoms with Gasteiger partial charge in [0.1, 0.15) is 6.04 Å². The van der Waals surface area contributed by atoms with Gasteiger partial charge in [-0.2, -0.15) is 0 Å². The Bertz CT molecular complexity index is 970. The molecule has 1 atom stereocenters. The van der Waals surface area contributed by atoms with Crippen LogP contribution in [-0.4, -0.2) is 52.7 Å². The van der Waals surface area contributed by atoms with Crippen molar-refractivity contribution in [2.75, 3.05) is 13.1 Å². The zero-order valence-corrected chi connectivity index (χ0v) is 17.8. The number of benzene rings is 2. The first kappa shape index (κ1) is 22.9. The summed E-state index contributed by atoms with van der Waals surface area (Å²) in [5.74, 6) is -0.710. The van der Waals surface area contributed by atoms with Gasteiger partial charge < -0.3 is 15.5 Å². The zero-order chi connectivity index (χ0) is 23.1. The number of piperidine rings is 1. The van der Waals surface area contributed by atoms with Crippen LogP contribution in [0.4, 0.5) is 5.69 Å². The summed E-state index contributed by atoms with van der Waals surface area (Å²) in [5.41, 5.74) is 1.28. The fourth-order valence-corrected chi connectivity index (χ4v) is 3.74. The highest BCUT2D eigenvalue weighted by Gasteiger charge is 2.27. The van der Waals surface area contributed by atoms with E-state index in [1.165, 1.54) is 31.2 Å². The van der Waals surface area contributed by atoms with E-state index in [1.807, 2.05) is 30.3 Å². The summed E-state index contributed by atoms with van der Waals surface area (Å²) in [7, 11) is 0. The Labute approximate surface area is 185 Å². The lowest BCUT2D eigenvalue weighted by Crippen LogP contribution is -2.53. The molecule has 1 aliphatic heterocycles. The molecule has 2 N–H and O–H groups in total. The largest absolute Gasteiger partial charge is 0.351 e. The molecule has 0 unspecified atom stereocenters. The van der Waals surface area contributed by atoms with Crippen molar-refractivity contribution in [1.29, 1.82) is 0 Å². The highest BCUT2D eigenvalue weighted by Crippen LogP contribution is 2.17. The highest BCUT2D eigenvalue weighted by atomic mass is 16.6. The molecule has 168 valence electrons. The molecule has 1 saturated heterocycles. The van der Waals surface area contributed by atoms with E-state index in [1.54, 1.807) is 4.90 Å². The van der Waals surface area contributed by atoms with Gasteiger partial charge in [0, 0.05) is 50.2 Å². The minimum absolute atomic E-state index is 0.0628. The SMILES string of the molecule is CC(=O)N[C@H](Cc1ccccc1)C(=O)NC1CCN(C(=O)c2ccc([N+](=O)[O-])cc2)CC1. The number of carbonyl (C=O) groups excluding carboxylic acids is 3. The van der Waals surface area contributed by atoms with Crippen molar-refractivity contribution in [1.82, 2.24) is 15.5 Å². The van der Waals surface area contributed by atoms with Gasteiger partial charge in [0.05, 0.1) is 4.92 Å². The first-order valence-corrected chi connectivity index (χ1v) is 10.5. The number of nitrogens with zero attached hydrogens (tertiary/aromatic N) is 2. The molecule has 1 aliphatic rings. The molecular formula is C23H26N4O5. The summed E-state index contributed by atoms with van der Waals surface area (Å²) in [6, 6.07) is 14.2. The number of hydrogen-bond donors (Lipinski definition) is 2. The average molecular weight is 438 g/mol. The molecule has 9 nitrogen and oxygen atoms in total. The molecule has 0 aromatic heterocycles. The van der Waals surface area contributed by atoms with Crippen molar-refractivity contribution in [3.8, 4) is 0 Å². The Balaban J connectivity index is 1.54. The molecule has 0 saturated carbocycles. The maximum absolute atomic E-state index is 12.8. The van der Waals surface area contributed by atoms with Crippen molar-refractivity contribution in [2.45, 2.75) is 38.3 Å².